The average molecular weight is 392 g/mol. The number of carbonyl (C=O) groups is 2. The van der Waals surface area contributed by atoms with Crippen LogP contribution in [-0.2, 0) is 9.47 Å². The molecule has 1 rings (SSSR count). The van der Waals surface area contributed by atoms with Gasteiger partial charge in [0.2, 0.25) is 0 Å². The number of unbranched alkanes of at least 4 members (excludes halogenated alkanes) is 10. The first kappa shape index (κ1) is 24.1. The first-order valence-corrected chi connectivity index (χ1v) is 11.0. The number of pyridine rings is 1. The van der Waals surface area contributed by atoms with E-state index in [0.29, 0.717) is 18.8 Å². The lowest BCUT2D eigenvalue weighted by molar-refractivity contribution is 0.0477. The molecule has 1 heterocycles. The molecule has 5 nitrogen and oxygen atoms in total. The molecule has 0 fully saturated rings. The van der Waals surface area contributed by atoms with E-state index in [0.717, 1.165) is 25.7 Å². The van der Waals surface area contributed by atoms with Crippen LogP contribution >= 0.6 is 0 Å². The second-order valence-corrected chi connectivity index (χ2v) is 7.24. The predicted molar refractivity (Wildman–Crippen MR) is 112 cm³/mol. The third-order valence-corrected chi connectivity index (χ3v) is 4.67. The zero-order valence-electron chi connectivity index (χ0n) is 17.7. The van der Waals surface area contributed by atoms with Gasteiger partial charge in [-0.05, 0) is 25.0 Å². The van der Waals surface area contributed by atoms with Crippen molar-refractivity contribution in [1.82, 2.24) is 4.98 Å². The Hall–Kier alpha value is -1.91. The normalized spacial score (nSPS) is 10.6. The Morgan fingerprint density at radius 2 is 1.21 bits per heavy atom. The summed E-state index contributed by atoms with van der Waals surface area (Å²) in [6, 6.07) is 3.09. The molecule has 0 bridgehead atoms. The Morgan fingerprint density at radius 1 is 0.714 bits per heavy atom. The summed E-state index contributed by atoms with van der Waals surface area (Å²) < 4.78 is 10.5. The van der Waals surface area contributed by atoms with Crippen molar-refractivity contribution < 1.29 is 19.1 Å². The first-order chi connectivity index (χ1) is 13.7. The lowest BCUT2D eigenvalue weighted by atomic mass is 10.1. The van der Waals surface area contributed by atoms with Crippen molar-refractivity contribution in [2.45, 2.75) is 90.9 Å². The summed E-state index contributed by atoms with van der Waals surface area (Å²) in [4.78, 5) is 28.0. The second kappa shape index (κ2) is 16.1. The molecule has 0 saturated heterocycles. The Bertz CT molecular complexity index is 493. The molecule has 28 heavy (non-hydrogen) atoms. The molecular formula is C23H37NO4. The third-order valence-electron chi connectivity index (χ3n) is 4.67. The Balaban J connectivity index is 2.20. The van der Waals surface area contributed by atoms with Gasteiger partial charge < -0.3 is 9.47 Å². The molecule has 0 N–H and O–H groups in total. The molecule has 1 aromatic heterocycles. The van der Waals surface area contributed by atoms with E-state index in [1.165, 1.54) is 63.6 Å². The predicted octanol–water partition coefficient (Wildman–Crippen LogP) is 6.12. The fourth-order valence-electron chi connectivity index (χ4n) is 2.89. The standard InChI is InChI=1S/C23H37NO4/c1-3-5-7-9-11-13-17-27-22(25)20-15-16-21(24-19-20)23(26)28-18-14-12-10-8-6-4-2/h15-16,19H,3-14,17-18H2,1-2H3. The van der Waals surface area contributed by atoms with Crippen LogP contribution < -0.4 is 0 Å². The summed E-state index contributed by atoms with van der Waals surface area (Å²) in [7, 11) is 0. The van der Waals surface area contributed by atoms with E-state index in [2.05, 4.69) is 18.8 Å². The van der Waals surface area contributed by atoms with E-state index >= 15 is 0 Å². The maximum Gasteiger partial charge on any atom is 0.356 e. The Kier molecular flexibility index (Phi) is 13.9. The highest BCUT2D eigenvalue weighted by atomic mass is 16.5. The van der Waals surface area contributed by atoms with Crippen molar-refractivity contribution in [3.63, 3.8) is 0 Å². The van der Waals surface area contributed by atoms with Crippen LogP contribution in [0.4, 0.5) is 0 Å². The molecule has 5 heteroatoms. The quantitative estimate of drug-likeness (QED) is 0.251. The molecule has 0 atom stereocenters. The van der Waals surface area contributed by atoms with Crippen LogP contribution in [0.2, 0.25) is 0 Å². The number of hydrogen-bond donors (Lipinski definition) is 0. The van der Waals surface area contributed by atoms with E-state index in [9.17, 15) is 9.59 Å². The van der Waals surface area contributed by atoms with Gasteiger partial charge in [-0.3, -0.25) is 0 Å². The molecule has 0 saturated carbocycles. The Morgan fingerprint density at radius 3 is 1.71 bits per heavy atom. The summed E-state index contributed by atoms with van der Waals surface area (Å²) >= 11 is 0. The lowest BCUT2D eigenvalue weighted by Gasteiger charge is -2.06. The van der Waals surface area contributed by atoms with Gasteiger partial charge in [0.25, 0.3) is 0 Å². The van der Waals surface area contributed by atoms with Gasteiger partial charge in [-0.1, -0.05) is 78.1 Å². The highest BCUT2D eigenvalue weighted by Gasteiger charge is 2.12. The summed E-state index contributed by atoms with van der Waals surface area (Å²) in [5.41, 5.74) is 0.580. The van der Waals surface area contributed by atoms with E-state index < -0.39 is 11.9 Å². The van der Waals surface area contributed by atoms with Crippen LogP contribution in [0.25, 0.3) is 0 Å². The molecule has 0 radical (unpaired) electrons. The minimum Gasteiger partial charge on any atom is -0.462 e. The van der Waals surface area contributed by atoms with Crippen LogP contribution in [-0.4, -0.2) is 30.1 Å². The van der Waals surface area contributed by atoms with Crippen molar-refractivity contribution in [3.05, 3.63) is 29.6 Å². The van der Waals surface area contributed by atoms with E-state index in [-0.39, 0.29) is 5.69 Å². The number of aromatic nitrogens is 1. The van der Waals surface area contributed by atoms with Crippen LogP contribution in [0.15, 0.2) is 18.3 Å². The molecule has 0 amide bonds. The summed E-state index contributed by atoms with van der Waals surface area (Å²) in [5, 5.41) is 0. The van der Waals surface area contributed by atoms with Gasteiger partial charge >= 0.3 is 11.9 Å². The molecule has 0 aliphatic rings. The number of rotatable bonds is 16. The van der Waals surface area contributed by atoms with Crippen molar-refractivity contribution in [2.24, 2.45) is 0 Å². The number of ether oxygens (including phenoxy) is 2. The highest BCUT2D eigenvalue weighted by molar-refractivity contribution is 5.91. The number of nitrogens with zero attached hydrogens (tertiary/aromatic N) is 1. The van der Waals surface area contributed by atoms with E-state index in [4.69, 9.17) is 9.47 Å². The molecule has 158 valence electrons. The molecule has 0 unspecified atom stereocenters. The SMILES string of the molecule is CCCCCCCCOC(=O)c1ccc(C(=O)OCCCCCCCC)nc1. The van der Waals surface area contributed by atoms with Gasteiger partial charge in [0.1, 0.15) is 5.69 Å². The van der Waals surface area contributed by atoms with Crippen molar-refractivity contribution in [3.8, 4) is 0 Å². The maximum atomic E-state index is 12.0. The molecule has 0 spiro atoms. The summed E-state index contributed by atoms with van der Waals surface area (Å²) in [5.74, 6) is -0.839. The fraction of sp³-hybridized carbons (Fsp3) is 0.696. The van der Waals surface area contributed by atoms with Crippen LogP contribution in [0, 0.1) is 0 Å². The highest BCUT2D eigenvalue weighted by Crippen LogP contribution is 2.09. The summed E-state index contributed by atoms with van der Waals surface area (Å²) in [6.45, 7) is 5.22. The molecule has 0 aliphatic heterocycles. The third kappa shape index (κ3) is 11.1. The van der Waals surface area contributed by atoms with Crippen molar-refractivity contribution in [2.75, 3.05) is 13.2 Å². The van der Waals surface area contributed by atoms with Gasteiger partial charge in [0.15, 0.2) is 0 Å². The topological polar surface area (TPSA) is 65.5 Å². The van der Waals surface area contributed by atoms with Gasteiger partial charge in [-0.15, -0.1) is 0 Å². The van der Waals surface area contributed by atoms with Crippen LogP contribution in [0.1, 0.15) is 112 Å². The van der Waals surface area contributed by atoms with Crippen LogP contribution in [0.5, 0.6) is 0 Å². The molecule has 0 aromatic carbocycles. The average Bonchev–Trinajstić information content (AvgIpc) is 2.72. The second-order valence-electron chi connectivity index (χ2n) is 7.24. The molecule has 0 aliphatic carbocycles. The Labute approximate surface area is 170 Å². The van der Waals surface area contributed by atoms with Gasteiger partial charge in [0, 0.05) is 6.20 Å². The maximum absolute atomic E-state index is 12.0. The van der Waals surface area contributed by atoms with E-state index in [1.54, 1.807) is 6.07 Å². The van der Waals surface area contributed by atoms with E-state index in [1.807, 2.05) is 0 Å². The number of hydrogen-bond acceptors (Lipinski definition) is 5. The van der Waals surface area contributed by atoms with Gasteiger partial charge in [0.05, 0.1) is 18.8 Å². The van der Waals surface area contributed by atoms with Gasteiger partial charge in [-0.25, -0.2) is 14.6 Å². The van der Waals surface area contributed by atoms with Crippen LogP contribution in [0.3, 0.4) is 0 Å². The smallest absolute Gasteiger partial charge is 0.356 e. The summed E-state index contributed by atoms with van der Waals surface area (Å²) in [6.07, 6.45) is 15.1. The lowest BCUT2D eigenvalue weighted by Crippen LogP contribution is -2.11. The fourth-order valence-corrected chi connectivity index (χ4v) is 2.89. The number of carbonyl (C=O) groups excluding carboxylic acids is 2. The zero-order valence-corrected chi connectivity index (χ0v) is 17.7. The zero-order chi connectivity index (χ0) is 20.5. The monoisotopic (exact) mass is 391 g/mol. The minimum absolute atomic E-state index is 0.221. The first-order valence-electron chi connectivity index (χ1n) is 11.0. The molecule has 1 aromatic rings. The number of esters is 2. The minimum atomic E-state index is -0.444. The largest absolute Gasteiger partial charge is 0.462 e. The van der Waals surface area contributed by atoms with Crippen molar-refractivity contribution in [1.29, 1.82) is 0 Å². The van der Waals surface area contributed by atoms with Gasteiger partial charge in [-0.2, -0.15) is 0 Å². The van der Waals surface area contributed by atoms with Crippen molar-refractivity contribution >= 4 is 11.9 Å². The molecular weight excluding hydrogens is 354 g/mol.